The van der Waals surface area contributed by atoms with Gasteiger partial charge in [0.1, 0.15) is 6.04 Å². The highest BCUT2D eigenvalue weighted by Gasteiger charge is 2.21. The predicted molar refractivity (Wildman–Crippen MR) is 84.3 cm³/mol. The van der Waals surface area contributed by atoms with Crippen LogP contribution >= 0.6 is 11.6 Å². The van der Waals surface area contributed by atoms with E-state index in [0.717, 1.165) is 37.2 Å². The first kappa shape index (κ1) is 15.2. The van der Waals surface area contributed by atoms with Crippen molar-refractivity contribution in [3.63, 3.8) is 0 Å². The summed E-state index contributed by atoms with van der Waals surface area (Å²) in [5.41, 5.74) is 1.97. The minimum absolute atomic E-state index is 0.171. The number of aryl methyl sites for hydroxylation is 1. The van der Waals surface area contributed by atoms with Crippen LogP contribution in [0, 0.1) is 6.92 Å². The molecule has 0 aromatic heterocycles. The van der Waals surface area contributed by atoms with E-state index in [1.54, 1.807) is 0 Å². The molecule has 110 valence electrons. The molecule has 1 fully saturated rings. The second-order valence-electron chi connectivity index (χ2n) is 5.59. The number of likely N-dealkylation sites (tertiary alicyclic amines) is 1. The topological polar surface area (TPSA) is 32.3 Å². The number of benzene rings is 1. The molecule has 20 heavy (non-hydrogen) atoms. The summed E-state index contributed by atoms with van der Waals surface area (Å²) in [6, 6.07) is 5.57. The van der Waals surface area contributed by atoms with Crippen LogP contribution in [0.25, 0.3) is 0 Å². The Labute approximate surface area is 126 Å². The highest BCUT2D eigenvalue weighted by Crippen LogP contribution is 2.24. The van der Waals surface area contributed by atoms with Crippen molar-refractivity contribution >= 4 is 23.2 Å². The summed E-state index contributed by atoms with van der Waals surface area (Å²) in [7, 11) is 0. The SMILES string of the molecule is Cc1ccc(Cl)c(NC(C)C(=O)N2CCCCCC2)c1. The van der Waals surface area contributed by atoms with Crippen molar-refractivity contribution in [1.29, 1.82) is 0 Å². The quantitative estimate of drug-likeness (QED) is 0.918. The number of hydrogen-bond acceptors (Lipinski definition) is 2. The van der Waals surface area contributed by atoms with E-state index >= 15 is 0 Å². The predicted octanol–water partition coefficient (Wildman–Crippen LogP) is 3.85. The lowest BCUT2D eigenvalue weighted by Gasteiger charge is -2.25. The maximum atomic E-state index is 12.5. The fraction of sp³-hybridized carbons (Fsp3) is 0.562. The molecular formula is C16H23ClN2O. The Bertz CT molecular complexity index is 468. The molecule has 1 saturated heterocycles. The molecule has 4 heteroatoms. The number of halogens is 1. The van der Waals surface area contributed by atoms with E-state index in [9.17, 15) is 4.79 Å². The van der Waals surface area contributed by atoms with Gasteiger partial charge in [-0.2, -0.15) is 0 Å². The van der Waals surface area contributed by atoms with Gasteiger partial charge in [-0.05, 0) is 44.4 Å². The molecule has 1 aromatic carbocycles. The van der Waals surface area contributed by atoms with Crippen LogP contribution in [-0.2, 0) is 4.79 Å². The van der Waals surface area contributed by atoms with E-state index in [4.69, 9.17) is 11.6 Å². The monoisotopic (exact) mass is 294 g/mol. The molecule has 1 amide bonds. The molecular weight excluding hydrogens is 272 g/mol. The highest BCUT2D eigenvalue weighted by atomic mass is 35.5. The Morgan fingerprint density at radius 2 is 1.90 bits per heavy atom. The van der Waals surface area contributed by atoms with Gasteiger partial charge in [0.05, 0.1) is 10.7 Å². The van der Waals surface area contributed by atoms with Crippen LogP contribution in [0.2, 0.25) is 5.02 Å². The van der Waals surface area contributed by atoms with E-state index in [2.05, 4.69) is 5.32 Å². The van der Waals surface area contributed by atoms with Gasteiger partial charge in [0.25, 0.3) is 0 Å². The highest BCUT2D eigenvalue weighted by molar-refractivity contribution is 6.33. The fourth-order valence-electron chi connectivity index (χ4n) is 2.61. The average Bonchev–Trinajstić information content (AvgIpc) is 2.71. The van der Waals surface area contributed by atoms with Crippen LogP contribution < -0.4 is 5.32 Å². The Kier molecular flexibility index (Phi) is 5.30. The molecule has 1 atom stereocenters. The lowest BCUT2D eigenvalue weighted by atomic mass is 10.2. The van der Waals surface area contributed by atoms with Crippen LogP contribution in [0.5, 0.6) is 0 Å². The summed E-state index contributed by atoms with van der Waals surface area (Å²) in [5, 5.41) is 3.90. The van der Waals surface area contributed by atoms with Gasteiger partial charge in [-0.15, -0.1) is 0 Å². The maximum absolute atomic E-state index is 12.5. The van der Waals surface area contributed by atoms with Crippen LogP contribution in [0.15, 0.2) is 18.2 Å². The van der Waals surface area contributed by atoms with Crippen molar-refractivity contribution in [2.45, 2.75) is 45.6 Å². The Hall–Kier alpha value is -1.22. The van der Waals surface area contributed by atoms with E-state index in [1.165, 1.54) is 12.8 Å². The lowest BCUT2D eigenvalue weighted by Crippen LogP contribution is -2.41. The first-order valence-electron chi connectivity index (χ1n) is 7.39. The van der Waals surface area contributed by atoms with E-state index in [-0.39, 0.29) is 11.9 Å². The molecule has 3 nitrogen and oxygen atoms in total. The first-order valence-corrected chi connectivity index (χ1v) is 7.77. The zero-order valence-corrected chi connectivity index (χ0v) is 13.0. The number of rotatable bonds is 3. The Morgan fingerprint density at radius 3 is 2.55 bits per heavy atom. The lowest BCUT2D eigenvalue weighted by molar-refractivity contribution is -0.131. The number of hydrogen-bond donors (Lipinski definition) is 1. The number of nitrogens with zero attached hydrogens (tertiary/aromatic N) is 1. The standard InChI is InChI=1S/C16H23ClN2O/c1-12-7-8-14(17)15(11-12)18-13(2)16(20)19-9-5-3-4-6-10-19/h7-8,11,13,18H,3-6,9-10H2,1-2H3. The number of carbonyl (C=O) groups is 1. The molecule has 1 aromatic rings. The van der Waals surface area contributed by atoms with E-state index in [0.29, 0.717) is 5.02 Å². The average molecular weight is 295 g/mol. The molecule has 0 bridgehead atoms. The molecule has 1 N–H and O–H groups in total. The third kappa shape index (κ3) is 3.89. The van der Waals surface area contributed by atoms with E-state index in [1.807, 2.05) is 36.9 Å². The molecule has 1 aliphatic rings. The first-order chi connectivity index (χ1) is 9.58. The van der Waals surface area contributed by atoms with Gasteiger partial charge >= 0.3 is 0 Å². The molecule has 0 radical (unpaired) electrons. The van der Waals surface area contributed by atoms with Crippen molar-refractivity contribution in [3.8, 4) is 0 Å². The number of anilines is 1. The Balaban J connectivity index is 2.01. The fourth-order valence-corrected chi connectivity index (χ4v) is 2.78. The van der Waals surface area contributed by atoms with Crippen molar-refractivity contribution in [3.05, 3.63) is 28.8 Å². The summed E-state index contributed by atoms with van der Waals surface area (Å²) in [6.45, 7) is 5.69. The van der Waals surface area contributed by atoms with Gasteiger partial charge in [0, 0.05) is 13.1 Å². The minimum atomic E-state index is -0.243. The number of amides is 1. The van der Waals surface area contributed by atoms with Crippen LogP contribution in [0.3, 0.4) is 0 Å². The van der Waals surface area contributed by atoms with Crippen LogP contribution in [-0.4, -0.2) is 29.9 Å². The third-order valence-electron chi connectivity index (χ3n) is 3.78. The van der Waals surface area contributed by atoms with Crippen LogP contribution in [0.1, 0.15) is 38.2 Å². The smallest absolute Gasteiger partial charge is 0.244 e. The van der Waals surface area contributed by atoms with Gasteiger partial charge in [0.2, 0.25) is 5.91 Å². The summed E-state index contributed by atoms with van der Waals surface area (Å²) < 4.78 is 0. The molecule has 1 unspecified atom stereocenters. The van der Waals surface area contributed by atoms with Gasteiger partial charge in [-0.1, -0.05) is 30.5 Å². The van der Waals surface area contributed by atoms with Crippen molar-refractivity contribution < 1.29 is 4.79 Å². The largest absolute Gasteiger partial charge is 0.373 e. The summed E-state index contributed by atoms with van der Waals surface area (Å²) in [4.78, 5) is 14.5. The second-order valence-corrected chi connectivity index (χ2v) is 6.00. The molecule has 0 aliphatic carbocycles. The zero-order valence-electron chi connectivity index (χ0n) is 12.3. The molecule has 1 aliphatic heterocycles. The minimum Gasteiger partial charge on any atom is -0.373 e. The van der Waals surface area contributed by atoms with Gasteiger partial charge in [-0.3, -0.25) is 4.79 Å². The molecule has 1 heterocycles. The number of carbonyl (C=O) groups excluding carboxylic acids is 1. The van der Waals surface area contributed by atoms with Crippen LogP contribution in [0.4, 0.5) is 5.69 Å². The van der Waals surface area contributed by atoms with Crippen molar-refractivity contribution in [1.82, 2.24) is 4.90 Å². The molecule has 0 saturated carbocycles. The molecule has 0 spiro atoms. The summed E-state index contributed by atoms with van der Waals surface area (Å²) in [6.07, 6.45) is 4.69. The second kappa shape index (κ2) is 6.98. The van der Waals surface area contributed by atoms with E-state index < -0.39 is 0 Å². The summed E-state index contributed by atoms with van der Waals surface area (Å²) >= 11 is 6.17. The Morgan fingerprint density at radius 1 is 1.25 bits per heavy atom. The maximum Gasteiger partial charge on any atom is 0.244 e. The third-order valence-corrected chi connectivity index (χ3v) is 4.11. The van der Waals surface area contributed by atoms with Crippen molar-refractivity contribution in [2.24, 2.45) is 0 Å². The zero-order chi connectivity index (χ0) is 14.5. The van der Waals surface area contributed by atoms with Crippen molar-refractivity contribution in [2.75, 3.05) is 18.4 Å². The van der Waals surface area contributed by atoms with Gasteiger partial charge in [-0.25, -0.2) is 0 Å². The van der Waals surface area contributed by atoms with Gasteiger partial charge < -0.3 is 10.2 Å². The normalized spacial score (nSPS) is 17.4. The van der Waals surface area contributed by atoms with Gasteiger partial charge in [0.15, 0.2) is 0 Å². The number of nitrogens with one attached hydrogen (secondary N) is 1. The summed E-state index contributed by atoms with van der Waals surface area (Å²) in [5.74, 6) is 0.171. The molecule has 2 rings (SSSR count).